The third kappa shape index (κ3) is 2.66. The lowest BCUT2D eigenvalue weighted by Crippen LogP contribution is -2.28. The number of hydrogen-bond donors (Lipinski definition) is 0. The molecule has 1 atom stereocenters. The third-order valence-electron chi connectivity index (χ3n) is 3.77. The number of likely N-dealkylation sites (tertiary alicyclic amines) is 1. The molecule has 0 aromatic heterocycles. The summed E-state index contributed by atoms with van der Waals surface area (Å²) in [7, 11) is 0. The Morgan fingerprint density at radius 1 is 1.35 bits per heavy atom. The molecule has 0 spiro atoms. The van der Waals surface area contributed by atoms with Crippen molar-refractivity contribution in [3.8, 4) is 0 Å². The van der Waals surface area contributed by atoms with Crippen LogP contribution in [0.2, 0.25) is 0 Å². The molecular formula is C15H16FNO3. The molecule has 5 heteroatoms. The minimum atomic E-state index is -0.666. The van der Waals surface area contributed by atoms with Gasteiger partial charge < -0.3 is 9.64 Å². The van der Waals surface area contributed by atoms with Gasteiger partial charge in [0.1, 0.15) is 5.82 Å². The van der Waals surface area contributed by atoms with Crippen LogP contribution in [0.4, 0.5) is 4.39 Å². The number of carbonyl (C=O) groups is 2. The van der Waals surface area contributed by atoms with Crippen LogP contribution < -0.4 is 0 Å². The minimum absolute atomic E-state index is 0.0267. The van der Waals surface area contributed by atoms with Gasteiger partial charge in [0, 0.05) is 24.9 Å². The van der Waals surface area contributed by atoms with Gasteiger partial charge in [-0.1, -0.05) is 12.1 Å². The van der Waals surface area contributed by atoms with E-state index in [0.717, 1.165) is 12.8 Å². The molecule has 3 rings (SSSR count). The monoisotopic (exact) mass is 277 g/mol. The average molecular weight is 277 g/mol. The Balaban J connectivity index is 1.54. The number of esters is 1. The van der Waals surface area contributed by atoms with Crippen LogP contribution in [0.15, 0.2) is 24.3 Å². The Hall–Kier alpha value is -1.91. The van der Waals surface area contributed by atoms with Crippen molar-refractivity contribution in [1.29, 1.82) is 0 Å². The molecule has 1 heterocycles. The summed E-state index contributed by atoms with van der Waals surface area (Å²) >= 11 is 0. The Bertz CT molecular complexity index is 542. The molecule has 2 fully saturated rings. The van der Waals surface area contributed by atoms with E-state index in [4.69, 9.17) is 4.74 Å². The summed E-state index contributed by atoms with van der Waals surface area (Å²) < 4.78 is 18.5. The molecule has 4 nitrogen and oxygen atoms in total. The van der Waals surface area contributed by atoms with Gasteiger partial charge in [0.15, 0.2) is 0 Å². The van der Waals surface area contributed by atoms with Gasteiger partial charge in [-0.15, -0.1) is 0 Å². The second-order valence-electron chi connectivity index (χ2n) is 5.43. The van der Waals surface area contributed by atoms with Crippen molar-refractivity contribution in [3.05, 3.63) is 35.6 Å². The standard InChI is InChI=1S/C15H16FNO3/c16-13-4-2-1-3-12(13)15(19)20-9-10-7-14(18)17(8-10)11-5-6-11/h1-4,10-11H,5-9H2/t10-/m0/s1. The van der Waals surface area contributed by atoms with Crippen LogP contribution in [-0.4, -0.2) is 36.0 Å². The maximum atomic E-state index is 13.4. The van der Waals surface area contributed by atoms with Gasteiger partial charge in [-0.3, -0.25) is 4.79 Å². The third-order valence-corrected chi connectivity index (χ3v) is 3.77. The van der Waals surface area contributed by atoms with E-state index in [2.05, 4.69) is 0 Å². The first kappa shape index (κ1) is 13.1. The molecule has 0 radical (unpaired) electrons. The summed E-state index contributed by atoms with van der Waals surface area (Å²) in [6.45, 7) is 0.816. The van der Waals surface area contributed by atoms with E-state index in [0.29, 0.717) is 19.0 Å². The lowest BCUT2D eigenvalue weighted by Gasteiger charge is -2.15. The molecule has 1 aromatic rings. The van der Waals surface area contributed by atoms with Gasteiger partial charge in [0.25, 0.3) is 0 Å². The lowest BCUT2D eigenvalue weighted by molar-refractivity contribution is -0.128. The topological polar surface area (TPSA) is 46.6 Å². The predicted octanol–water partition coefficient (Wildman–Crippen LogP) is 1.99. The Kier molecular flexibility index (Phi) is 3.42. The van der Waals surface area contributed by atoms with Crippen LogP contribution in [-0.2, 0) is 9.53 Å². The molecule has 1 saturated heterocycles. The average Bonchev–Trinajstić information content (AvgIpc) is 3.20. The number of rotatable bonds is 4. The van der Waals surface area contributed by atoms with E-state index in [-0.39, 0.29) is 24.0 Å². The first-order valence-electron chi connectivity index (χ1n) is 6.86. The summed E-state index contributed by atoms with van der Waals surface area (Å²) in [6.07, 6.45) is 2.57. The summed E-state index contributed by atoms with van der Waals surface area (Å²) in [5.41, 5.74) is -0.0594. The van der Waals surface area contributed by atoms with E-state index in [1.54, 1.807) is 6.07 Å². The largest absolute Gasteiger partial charge is 0.462 e. The smallest absolute Gasteiger partial charge is 0.341 e. The number of hydrogen-bond acceptors (Lipinski definition) is 3. The molecular weight excluding hydrogens is 261 g/mol. The fourth-order valence-electron chi connectivity index (χ4n) is 2.56. The van der Waals surface area contributed by atoms with E-state index >= 15 is 0 Å². The highest BCUT2D eigenvalue weighted by Gasteiger charge is 2.39. The molecule has 2 aliphatic rings. The van der Waals surface area contributed by atoms with E-state index in [1.165, 1.54) is 18.2 Å². The Labute approximate surface area is 116 Å². The maximum absolute atomic E-state index is 13.4. The van der Waals surface area contributed by atoms with Gasteiger partial charge in [-0.05, 0) is 25.0 Å². The summed E-state index contributed by atoms with van der Waals surface area (Å²) in [4.78, 5) is 25.4. The number of benzene rings is 1. The van der Waals surface area contributed by atoms with Crippen LogP contribution in [0.1, 0.15) is 29.6 Å². The van der Waals surface area contributed by atoms with Crippen molar-refractivity contribution in [3.63, 3.8) is 0 Å². The number of carbonyl (C=O) groups excluding carboxylic acids is 2. The highest BCUT2D eigenvalue weighted by Crippen LogP contribution is 2.32. The Morgan fingerprint density at radius 3 is 2.80 bits per heavy atom. The lowest BCUT2D eigenvalue weighted by atomic mass is 10.1. The van der Waals surface area contributed by atoms with Crippen LogP contribution >= 0.6 is 0 Å². The van der Waals surface area contributed by atoms with Crippen molar-refractivity contribution < 1.29 is 18.7 Å². The van der Waals surface area contributed by atoms with Crippen molar-refractivity contribution in [2.24, 2.45) is 5.92 Å². The van der Waals surface area contributed by atoms with Crippen LogP contribution in [0.25, 0.3) is 0 Å². The SMILES string of the molecule is O=C(OC[C@H]1CC(=O)N(C2CC2)C1)c1ccccc1F. The van der Waals surface area contributed by atoms with E-state index in [1.807, 2.05) is 4.90 Å². The van der Waals surface area contributed by atoms with Gasteiger partial charge in [0.05, 0.1) is 12.2 Å². The number of halogens is 1. The van der Waals surface area contributed by atoms with Gasteiger partial charge in [0.2, 0.25) is 5.91 Å². The zero-order valence-electron chi connectivity index (χ0n) is 11.0. The molecule has 1 amide bonds. The highest BCUT2D eigenvalue weighted by atomic mass is 19.1. The quantitative estimate of drug-likeness (QED) is 0.791. The van der Waals surface area contributed by atoms with Crippen molar-refractivity contribution in [2.45, 2.75) is 25.3 Å². The summed E-state index contributed by atoms with van der Waals surface area (Å²) in [5, 5.41) is 0. The van der Waals surface area contributed by atoms with Crippen molar-refractivity contribution >= 4 is 11.9 Å². The highest BCUT2D eigenvalue weighted by molar-refractivity contribution is 5.89. The molecule has 1 aliphatic carbocycles. The minimum Gasteiger partial charge on any atom is -0.462 e. The first-order valence-corrected chi connectivity index (χ1v) is 6.86. The number of amides is 1. The van der Waals surface area contributed by atoms with Crippen LogP contribution in [0.5, 0.6) is 0 Å². The maximum Gasteiger partial charge on any atom is 0.341 e. The number of ether oxygens (including phenoxy) is 1. The second-order valence-corrected chi connectivity index (χ2v) is 5.43. The molecule has 20 heavy (non-hydrogen) atoms. The molecule has 1 aromatic carbocycles. The fraction of sp³-hybridized carbons (Fsp3) is 0.467. The van der Waals surface area contributed by atoms with Crippen LogP contribution in [0, 0.1) is 11.7 Å². The predicted molar refractivity (Wildman–Crippen MR) is 69.5 cm³/mol. The normalized spacial score (nSPS) is 22.1. The van der Waals surface area contributed by atoms with Gasteiger partial charge in [-0.25, -0.2) is 9.18 Å². The van der Waals surface area contributed by atoms with Gasteiger partial charge >= 0.3 is 5.97 Å². The van der Waals surface area contributed by atoms with Gasteiger partial charge in [-0.2, -0.15) is 0 Å². The van der Waals surface area contributed by atoms with E-state index in [9.17, 15) is 14.0 Å². The summed E-state index contributed by atoms with van der Waals surface area (Å²) in [6, 6.07) is 6.14. The zero-order valence-corrected chi connectivity index (χ0v) is 11.0. The fourth-order valence-corrected chi connectivity index (χ4v) is 2.56. The van der Waals surface area contributed by atoms with Crippen molar-refractivity contribution in [2.75, 3.05) is 13.2 Å². The molecule has 1 aliphatic heterocycles. The Morgan fingerprint density at radius 2 is 2.10 bits per heavy atom. The van der Waals surface area contributed by atoms with Crippen molar-refractivity contribution in [1.82, 2.24) is 4.90 Å². The molecule has 106 valence electrons. The molecule has 0 N–H and O–H groups in total. The zero-order chi connectivity index (χ0) is 14.1. The molecule has 1 saturated carbocycles. The summed E-state index contributed by atoms with van der Waals surface area (Å²) in [5.74, 6) is -1.08. The molecule has 0 bridgehead atoms. The molecule has 0 unspecified atom stereocenters. The second kappa shape index (κ2) is 5.23. The number of nitrogens with zero attached hydrogens (tertiary/aromatic N) is 1. The first-order chi connectivity index (χ1) is 9.65. The van der Waals surface area contributed by atoms with Crippen LogP contribution in [0.3, 0.4) is 0 Å². The van der Waals surface area contributed by atoms with E-state index < -0.39 is 11.8 Å².